The third-order valence-corrected chi connectivity index (χ3v) is 14.8. The van der Waals surface area contributed by atoms with Crippen LogP contribution in [0, 0.1) is 0 Å². The fourth-order valence-electron chi connectivity index (χ4n) is 6.14. The Labute approximate surface area is 170 Å². The van der Waals surface area contributed by atoms with Crippen molar-refractivity contribution in [2.45, 2.75) is 87.9 Å². The van der Waals surface area contributed by atoms with Gasteiger partial charge in [0.05, 0.1) is 39.0 Å². The van der Waals surface area contributed by atoms with E-state index in [-0.39, 0.29) is 0 Å². The van der Waals surface area contributed by atoms with Gasteiger partial charge in [-0.05, 0) is 50.5 Å². The lowest BCUT2D eigenvalue weighted by Crippen LogP contribution is -2.49. The molecule has 0 aromatic heterocycles. The van der Waals surface area contributed by atoms with E-state index < -0.39 is 15.5 Å². The van der Waals surface area contributed by atoms with E-state index in [0.717, 1.165) is 31.8 Å². The van der Waals surface area contributed by atoms with Crippen molar-refractivity contribution in [2.24, 2.45) is 0 Å². The van der Waals surface area contributed by atoms with Crippen molar-refractivity contribution in [3.8, 4) is 0 Å². The SMILES string of the molecule is [B][P+](C1CCCC1[Si](C)(C)C)(N1CCC[C@H]1COC)N1CCC[C@H]1COC. The van der Waals surface area contributed by atoms with Gasteiger partial charge in [-0.2, -0.15) is 9.34 Å². The summed E-state index contributed by atoms with van der Waals surface area (Å²) in [5.41, 5.74) is 1.53. The zero-order valence-electron chi connectivity index (χ0n) is 18.3. The van der Waals surface area contributed by atoms with Gasteiger partial charge in [0.2, 0.25) is 0 Å². The summed E-state index contributed by atoms with van der Waals surface area (Å²) in [5, 5.41) is 0. The van der Waals surface area contributed by atoms with Crippen molar-refractivity contribution >= 4 is 23.1 Å². The van der Waals surface area contributed by atoms with Crippen molar-refractivity contribution < 1.29 is 9.47 Å². The summed E-state index contributed by atoms with van der Waals surface area (Å²) in [6, 6.07) is 1.00. The zero-order valence-corrected chi connectivity index (χ0v) is 20.2. The van der Waals surface area contributed by atoms with Gasteiger partial charge in [0.15, 0.2) is 0 Å². The Morgan fingerprint density at radius 2 is 1.37 bits per heavy atom. The molecular formula is C20H41BN2O2PSi+. The standard InChI is InChI=1S/C20H41BN2O2PSi/c1-24-15-17-9-7-13-22(17)26(21,23-14-8-10-18(23)16-25-2)19-11-6-12-20(19)27(3,4)5/h17-20H,6-16H2,1-5H3/q+1/t17-,18-,19?,20?/m0/s1. The lowest BCUT2D eigenvalue weighted by Gasteiger charge is -2.49. The van der Waals surface area contributed by atoms with Gasteiger partial charge in [0, 0.05) is 27.3 Å². The molecule has 3 rings (SSSR count). The molecular weight excluding hydrogens is 370 g/mol. The van der Waals surface area contributed by atoms with Gasteiger partial charge in [-0.15, -0.1) is 0 Å². The van der Waals surface area contributed by atoms with Crippen LogP contribution in [0.15, 0.2) is 0 Å². The van der Waals surface area contributed by atoms with E-state index in [4.69, 9.17) is 17.0 Å². The summed E-state index contributed by atoms with van der Waals surface area (Å²) in [4.78, 5) is 0. The van der Waals surface area contributed by atoms with Crippen LogP contribution in [0.2, 0.25) is 25.2 Å². The van der Waals surface area contributed by atoms with Gasteiger partial charge in [0.25, 0.3) is 0 Å². The van der Waals surface area contributed by atoms with E-state index in [1.165, 1.54) is 44.9 Å². The summed E-state index contributed by atoms with van der Waals surface area (Å²) >= 11 is 0. The number of hydrogen-bond donors (Lipinski definition) is 0. The predicted molar refractivity (Wildman–Crippen MR) is 121 cm³/mol. The lowest BCUT2D eigenvalue weighted by molar-refractivity contribution is 0.135. The van der Waals surface area contributed by atoms with Gasteiger partial charge in [-0.25, -0.2) is 0 Å². The molecule has 154 valence electrons. The molecule has 0 aromatic carbocycles. The molecule has 0 N–H and O–H groups in total. The molecule has 0 spiro atoms. The highest BCUT2D eigenvalue weighted by molar-refractivity contribution is 7.94. The largest absolute Gasteiger partial charge is 0.409 e. The Kier molecular flexibility index (Phi) is 7.53. The molecule has 2 aliphatic heterocycles. The van der Waals surface area contributed by atoms with E-state index in [1.807, 2.05) is 14.2 Å². The molecule has 1 saturated carbocycles. The van der Waals surface area contributed by atoms with Crippen LogP contribution in [0.5, 0.6) is 0 Å². The Bertz CT molecular complexity index is 469. The van der Waals surface area contributed by atoms with Gasteiger partial charge >= 0.3 is 7.57 Å². The number of hydrogen-bond acceptors (Lipinski definition) is 4. The van der Waals surface area contributed by atoms with Crippen LogP contribution in [-0.4, -0.2) is 83.2 Å². The molecule has 0 amide bonds. The smallest absolute Gasteiger partial charge is 0.383 e. The highest BCUT2D eigenvalue weighted by atomic mass is 31.2. The van der Waals surface area contributed by atoms with E-state index in [0.29, 0.717) is 17.7 Å². The highest BCUT2D eigenvalue weighted by Crippen LogP contribution is 2.74. The number of rotatable bonds is 8. The van der Waals surface area contributed by atoms with Crippen molar-refractivity contribution in [2.75, 3.05) is 40.5 Å². The second-order valence-electron chi connectivity index (χ2n) is 10.0. The second-order valence-corrected chi connectivity index (χ2v) is 18.6. The molecule has 0 aromatic rings. The minimum atomic E-state index is -1.90. The molecule has 0 bridgehead atoms. The first-order valence-electron chi connectivity index (χ1n) is 11.0. The maximum atomic E-state index is 7.72. The van der Waals surface area contributed by atoms with Gasteiger partial charge in [-0.3, -0.25) is 0 Å². The molecule has 4 atom stereocenters. The number of ether oxygens (including phenoxy) is 2. The van der Waals surface area contributed by atoms with E-state index >= 15 is 0 Å². The van der Waals surface area contributed by atoms with E-state index in [2.05, 4.69) is 29.0 Å². The highest BCUT2D eigenvalue weighted by Gasteiger charge is 2.62. The topological polar surface area (TPSA) is 24.9 Å². The van der Waals surface area contributed by atoms with Gasteiger partial charge < -0.3 is 9.47 Å². The molecule has 27 heavy (non-hydrogen) atoms. The average molecular weight is 411 g/mol. The summed E-state index contributed by atoms with van der Waals surface area (Å²) in [6.07, 6.45) is 9.08. The summed E-state index contributed by atoms with van der Waals surface area (Å²) < 4.78 is 16.8. The predicted octanol–water partition coefficient (Wildman–Crippen LogP) is 4.40. The quantitative estimate of drug-likeness (QED) is 0.437. The van der Waals surface area contributed by atoms with Crippen LogP contribution < -0.4 is 0 Å². The molecule has 3 aliphatic rings. The summed E-state index contributed by atoms with van der Waals surface area (Å²) in [7, 11) is 8.26. The Balaban J connectivity index is 1.98. The molecule has 2 unspecified atom stereocenters. The first kappa shape index (κ1) is 22.2. The monoisotopic (exact) mass is 411 g/mol. The minimum Gasteiger partial charge on any atom is -0.383 e. The Morgan fingerprint density at radius 3 is 1.81 bits per heavy atom. The van der Waals surface area contributed by atoms with Crippen molar-refractivity contribution in [1.29, 1.82) is 0 Å². The summed E-state index contributed by atoms with van der Waals surface area (Å²) in [5.74, 6) is 0. The molecule has 7 heteroatoms. The third-order valence-electron chi connectivity index (χ3n) is 7.31. The second kappa shape index (κ2) is 9.14. The molecule has 1 aliphatic carbocycles. The Morgan fingerprint density at radius 1 is 0.852 bits per heavy atom. The molecule has 2 radical (unpaired) electrons. The van der Waals surface area contributed by atoms with Crippen LogP contribution in [0.25, 0.3) is 0 Å². The zero-order chi connectivity index (χ0) is 19.7. The van der Waals surface area contributed by atoms with Crippen LogP contribution in [0.3, 0.4) is 0 Å². The first-order chi connectivity index (χ1) is 12.8. The van der Waals surface area contributed by atoms with E-state index in [1.54, 1.807) is 0 Å². The van der Waals surface area contributed by atoms with Crippen LogP contribution in [-0.2, 0) is 9.47 Å². The fourth-order valence-corrected chi connectivity index (χ4v) is 15.2. The van der Waals surface area contributed by atoms with Crippen LogP contribution in [0.1, 0.15) is 44.9 Å². The van der Waals surface area contributed by atoms with Gasteiger partial charge in [0.1, 0.15) is 7.44 Å². The number of methoxy groups -OCH3 is 2. The normalized spacial score (nSPS) is 34.0. The van der Waals surface area contributed by atoms with Gasteiger partial charge in [-0.1, -0.05) is 19.6 Å². The fraction of sp³-hybridized carbons (Fsp3) is 1.00. The maximum Gasteiger partial charge on any atom is 0.409 e. The van der Waals surface area contributed by atoms with Crippen LogP contribution >= 0.6 is 7.44 Å². The Hall–Kier alpha value is 0.552. The van der Waals surface area contributed by atoms with Crippen LogP contribution in [0.4, 0.5) is 0 Å². The lowest BCUT2D eigenvalue weighted by atomic mass is 10.2. The first-order valence-corrected chi connectivity index (χ1v) is 16.4. The molecule has 2 saturated heterocycles. The van der Waals surface area contributed by atoms with Crippen molar-refractivity contribution in [3.05, 3.63) is 0 Å². The molecule has 4 nitrogen and oxygen atoms in total. The minimum absolute atomic E-state index is 0.500. The van der Waals surface area contributed by atoms with Crippen molar-refractivity contribution in [3.63, 3.8) is 0 Å². The average Bonchev–Trinajstić information content (AvgIpc) is 3.35. The third kappa shape index (κ3) is 4.37. The molecule has 2 heterocycles. The summed E-state index contributed by atoms with van der Waals surface area (Å²) in [6.45, 7) is 11.7. The molecule has 3 fully saturated rings. The van der Waals surface area contributed by atoms with E-state index in [9.17, 15) is 0 Å². The maximum absolute atomic E-state index is 7.72. The van der Waals surface area contributed by atoms with Crippen molar-refractivity contribution in [1.82, 2.24) is 9.34 Å². The number of nitrogens with zero attached hydrogens (tertiary/aromatic N) is 2.